The van der Waals surface area contributed by atoms with E-state index < -0.39 is 10.0 Å². The first-order valence-electron chi connectivity index (χ1n) is 7.78. The maximum atomic E-state index is 12.9. The molecule has 0 unspecified atom stereocenters. The Kier molecular flexibility index (Phi) is 4.94. The number of nitrogens with zero attached hydrogens (tertiary/aromatic N) is 1. The standard InChI is InChI=1S/C18H17FN2O4S/c1-12-18(13(2)25-20-12)26(22,23)21-16-4-3-5-17(10-16)24-11-14-6-8-15(19)9-7-14/h3-10,21H,11H2,1-2H3. The number of anilines is 1. The second-order valence-electron chi connectivity index (χ2n) is 5.70. The van der Waals surface area contributed by atoms with Crippen LogP contribution in [-0.4, -0.2) is 13.6 Å². The first kappa shape index (κ1) is 17.9. The number of hydrogen-bond donors (Lipinski definition) is 1. The highest BCUT2D eigenvalue weighted by Crippen LogP contribution is 2.24. The number of aromatic nitrogens is 1. The first-order chi connectivity index (χ1) is 12.3. The van der Waals surface area contributed by atoms with Crippen LogP contribution in [0.3, 0.4) is 0 Å². The lowest BCUT2D eigenvalue weighted by Gasteiger charge is -2.10. The molecule has 1 N–H and O–H groups in total. The van der Waals surface area contributed by atoms with E-state index in [1.54, 1.807) is 43.3 Å². The van der Waals surface area contributed by atoms with Gasteiger partial charge >= 0.3 is 0 Å². The van der Waals surface area contributed by atoms with E-state index in [0.29, 0.717) is 17.1 Å². The summed E-state index contributed by atoms with van der Waals surface area (Å²) in [5.41, 5.74) is 1.44. The van der Waals surface area contributed by atoms with Gasteiger partial charge in [0.15, 0.2) is 10.7 Å². The Morgan fingerprint density at radius 2 is 1.88 bits per heavy atom. The molecule has 136 valence electrons. The quantitative estimate of drug-likeness (QED) is 0.707. The van der Waals surface area contributed by atoms with Crippen molar-refractivity contribution in [2.24, 2.45) is 0 Å². The van der Waals surface area contributed by atoms with E-state index in [1.807, 2.05) is 0 Å². The van der Waals surface area contributed by atoms with Crippen molar-refractivity contribution in [2.45, 2.75) is 25.3 Å². The van der Waals surface area contributed by atoms with Crippen LogP contribution < -0.4 is 9.46 Å². The minimum Gasteiger partial charge on any atom is -0.489 e. The summed E-state index contributed by atoms with van der Waals surface area (Å²) >= 11 is 0. The van der Waals surface area contributed by atoms with E-state index in [9.17, 15) is 12.8 Å². The Morgan fingerprint density at radius 1 is 1.15 bits per heavy atom. The molecule has 3 rings (SSSR count). The molecule has 0 radical (unpaired) electrons. The highest BCUT2D eigenvalue weighted by Gasteiger charge is 2.24. The number of ether oxygens (including phenoxy) is 1. The third-order valence-electron chi connectivity index (χ3n) is 3.64. The monoisotopic (exact) mass is 376 g/mol. The zero-order valence-electron chi connectivity index (χ0n) is 14.2. The van der Waals surface area contributed by atoms with Crippen LogP contribution in [0.15, 0.2) is 57.9 Å². The van der Waals surface area contributed by atoms with Gasteiger partial charge in [0.2, 0.25) is 0 Å². The number of nitrogens with one attached hydrogen (secondary N) is 1. The number of sulfonamides is 1. The fourth-order valence-electron chi connectivity index (χ4n) is 2.46. The SMILES string of the molecule is Cc1noc(C)c1S(=O)(=O)Nc1cccc(OCc2ccc(F)cc2)c1. The summed E-state index contributed by atoms with van der Waals surface area (Å²) in [6, 6.07) is 12.5. The number of benzene rings is 2. The normalized spacial score (nSPS) is 11.3. The Hall–Kier alpha value is -2.87. The maximum absolute atomic E-state index is 12.9. The minimum absolute atomic E-state index is 0.0233. The van der Waals surface area contributed by atoms with Crippen molar-refractivity contribution in [3.05, 3.63) is 71.4 Å². The summed E-state index contributed by atoms with van der Waals surface area (Å²) < 4.78 is 51.0. The van der Waals surface area contributed by atoms with Gasteiger partial charge in [0.1, 0.15) is 23.9 Å². The zero-order chi connectivity index (χ0) is 18.7. The van der Waals surface area contributed by atoms with Crippen molar-refractivity contribution in [3.63, 3.8) is 0 Å². The van der Waals surface area contributed by atoms with Crippen molar-refractivity contribution >= 4 is 15.7 Å². The second kappa shape index (κ2) is 7.17. The molecule has 0 atom stereocenters. The van der Waals surface area contributed by atoms with Crippen molar-refractivity contribution in [3.8, 4) is 5.75 Å². The highest BCUT2D eigenvalue weighted by atomic mass is 32.2. The minimum atomic E-state index is -3.82. The number of hydrogen-bond acceptors (Lipinski definition) is 5. The third-order valence-corrected chi connectivity index (χ3v) is 5.27. The predicted octanol–water partition coefficient (Wildman–Crippen LogP) is 3.81. The maximum Gasteiger partial charge on any atom is 0.267 e. The van der Waals surface area contributed by atoms with Gasteiger partial charge in [0.25, 0.3) is 10.0 Å². The van der Waals surface area contributed by atoms with E-state index in [2.05, 4.69) is 9.88 Å². The lowest BCUT2D eigenvalue weighted by molar-refractivity contribution is 0.306. The molecule has 0 fully saturated rings. The van der Waals surface area contributed by atoms with Gasteiger partial charge in [-0.3, -0.25) is 4.72 Å². The van der Waals surface area contributed by atoms with Gasteiger partial charge < -0.3 is 9.26 Å². The molecular weight excluding hydrogens is 359 g/mol. The van der Waals surface area contributed by atoms with Crippen LogP contribution in [0.4, 0.5) is 10.1 Å². The number of aryl methyl sites for hydroxylation is 2. The molecule has 8 heteroatoms. The molecule has 0 saturated carbocycles. The second-order valence-corrected chi connectivity index (χ2v) is 7.32. The Morgan fingerprint density at radius 3 is 2.54 bits per heavy atom. The van der Waals surface area contributed by atoms with Gasteiger partial charge in [0.05, 0.1) is 5.69 Å². The smallest absolute Gasteiger partial charge is 0.267 e. The Balaban J connectivity index is 1.74. The van der Waals surface area contributed by atoms with Crippen molar-refractivity contribution < 1.29 is 22.1 Å². The summed E-state index contributed by atoms with van der Waals surface area (Å²) in [7, 11) is -3.82. The average molecular weight is 376 g/mol. The molecule has 3 aromatic rings. The molecule has 0 aliphatic carbocycles. The molecule has 1 heterocycles. The van der Waals surface area contributed by atoms with Crippen molar-refractivity contribution in [1.29, 1.82) is 0 Å². The van der Waals surface area contributed by atoms with E-state index >= 15 is 0 Å². The molecule has 0 aliphatic rings. The summed E-state index contributed by atoms with van der Waals surface area (Å²) in [4.78, 5) is 0.0233. The van der Waals surface area contributed by atoms with Gasteiger partial charge in [-0.1, -0.05) is 23.4 Å². The fraction of sp³-hybridized carbons (Fsp3) is 0.167. The van der Waals surface area contributed by atoms with Gasteiger partial charge in [-0.05, 0) is 43.7 Å². The van der Waals surface area contributed by atoms with Crippen LogP contribution >= 0.6 is 0 Å². The number of halogens is 1. The molecule has 0 bridgehead atoms. The lowest BCUT2D eigenvalue weighted by Crippen LogP contribution is -2.14. The summed E-state index contributed by atoms with van der Waals surface area (Å²) in [5.74, 6) is 0.386. The van der Waals surface area contributed by atoms with Gasteiger partial charge in [-0.15, -0.1) is 0 Å². The Bertz CT molecular complexity index is 994. The van der Waals surface area contributed by atoms with Crippen LogP contribution in [0, 0.1) is 19.7 Å². The van der Waals surface area contributed by atoms with Crippen LogP contribution in [0.25, 0.3) is 0 Å². The summed E-state index contributed by atoms with van der Waals surface area (Å²) in [6.07, 6.45) is 0. The van der Waals surface area contributed by atoms with E-state index in [-0.39, 0.29) is 23.1 Å². The molecule has 6 nitrogen and oxygen atoms in total. The zero-order valence-corrected chi connectivity index (χ0v) is 15.0. The summed E-state index contributed by atoms with van der Waals surface area (Å²) in [5, 5.41) is 3.67. The Labute approximate surface area is 150 Å². The first-order valence-corrected chi connectivity index (χ1v) is 9.26. The van der Waals surface area contributed by atoms with E-state index in [1.165, 1.54) is 19.1 Å². The highest BCUT2D eigenvalue weighted by molar-refractivity contribution is 7.92. The van der Waals surface area contributed by atoms with Crippen LogP contribution in [0.2, 0.25) is 0 Å². The molecule has 0 amide bonds. The van der Waals surface area contributed by atoms with Crippen LogP contribution in [0.1, 0.15) is 17.0 Å². The van der Waals surface area contributed by atoms with Gasteiger partial charge in [-0.2, -0.15) is 0 Å². The molecule has 0 aliphatic heterocycles. The third kappa shape index (κ3) is 4.02. The molecule has 26 heavy (non-hydrogen) atoms. The van der Waals surface area contributed by atoms with Gasteiger partial charge in [0, 0.05) is 6.07 Å². The lowest BCUT2D eigenvalue weighted by atomic mass is 10.2. The van der Waals surface area contributed by atoms with E-state index in [4.69, 9.17) is 9.26 Å². The van der Waals surface area contributed by atoms with Crippen LogP contribution in [0.5, 0.6) is 5.75 Å². The average Bonchev–Trinajstić information content (AvgIpc) is 2.94. The molecule has 2 aromatic carbocycles. The van der Waals surface area contributed by atoms with Gasteiger partial charge in [-0.25, -0.2) is 12.8 Å². The topological polar surface area (TPSA) is 81.4 Å². The number of rotatable bonds is 6. The van der Waals surface area contributed by atoms with Crippen molar-refractivity contribution in [2.75, 3.05) is 4.72 Å². The summed E-state index contributed by atoms with van der Waals surface area (Å²) in [6.45, 7) is 3.34. The van der Waals surface area contributed by atoms with E-state index in [0.717, 1.165) is 5.56 Å². The largest absolute Gasteiger partial charge is 0.489 e. The fourth-order valence-corrected chi connectivity index (χ4v) is 3.84. The molecule has 0 saturated heterocycles. The molecular formula is C18H17FN2O4S. The molecule has 0 spiro atoms. The molecule has 1 aromatic heterocycles. The predicted molar refractivity (Wildman–Crippen MR) is 94.0 cm³/mol. The van der Waals surface area contributed by atoms with Crippen LogP contribution in [-0.2, 0) is 16.6 Å². The van der Waals surface area contributed by atoms with Crippen molar-refractivity contribution in [1.82, 2.24) is 5.16 Å².